The molecule has 0 aromatic carbocycles. The van der Waals surface area contributed by atoms with Crippen LogP contribution in [-0.4, -0.2) is 44.9 Å². The van der Waals surface area contributed by atoms with Crippen LogP contribution in [0.3, 0.4) is 0 Å². The molecule has 1 aliphatic rings. The Morgan fingerprint density at radius 1 is 1.72 bits per heavy atom. The van der Waals surface area contributed by atoms with Gasteiger partial charge in [0.2, 0.25) is 0 Å². The highest BCUT2D eigenvalue weighted by molar-refractivity contribution is 7.17. The Bertz CT molecular complexity index is 402. The van der Waals surface area contributed by atoms with E-state index in [9.17, 15) is 4.79 Å². The van der Waals surface area contributed by atoms with Crippen molar-refractivity contribution < 1.29 is 14.3 Å². The maximum atomic E-state index is 11.3. The lowest BCUT2D eigenvalue weighted by Gasteiger charge is -2.26. The van der Waals surface area contributed by atoms with Gasteiger partial charge in [-0.1, -0.05) is 11.3 Å². The highest BCUT2D eigenvalue weighted by Gasteiger charge is 2.18. The van der Waals surface area contributed by atoms with E-state index in [1.807, 2.05) is 7.05 Å². The molecule has 100 valence electrons. The number of hydrogen-bond acceptors (Lipinski definition) is 6. The van der Waals surface area contributed by atoms with Crippen molar-refractivity contribution in [3.63, 3.8) is 0 Å². The standard InChI is InChI=1S/C12H18N2O3S/c1-14(7-9-4-3-5-17-8-9)12-13-6-10(18-12)11(15)16-2/h6,9H,3-5,7-8H2,1-2H3. The number of nitrogens with zero attached hydrogens (tertiary/aromatic N) is 2. The van der Waals surface area contributed by atoms with Gasteiger partial charge < -0.3 is 14.4 Å². The monoisotopic (exact) mass is 270 g/mol. The highest BCUT2D eigenvalue weighted by atomic mass is 32.1. The average molecular weight is 270 g/mol. The van der Waals surface area contributed by atoms with Crippen LogP contribution in [0.25, 0.3) is 0 Å². The molecule has 5 nitrogen and oxygen atoms in total. The smallest absolute Gasteiger partial charge is 0.349 e. The summed E-state index contributed by atoms with van der Waals surface area (Å²) in [6.07, 6.45) is 3.89. The molecule has 6 heteroatoms. The molecule has 1 unspecified atom stereocenters. The van der Waals surface area contributed by atoms with Crippen LogP contribution in [0.15, 0.2) is 6.20 Å². The third-order valence-corrected chi connectivity index (χ3v) is 4.08. The van der Waals surface area contributed by atoms with Gasteiger partial charge in [-0.15, -0.1) is 0 Å². The van der Waals surface area contributed by atoms with E-state index in [4.69, 9.17) is 4.74 Å². The summed E-state index contributed by atoms with van der Waals surface area (Å²) in [4.78, 5) is 18.2. The lowest BCUT2D eigenvalue weighted by Crippen LogP contribution is -2.30. The van der Waals surface area contributed by atoms with Crippen molar-refractivity contribution in [3.8, 4) is 0 Å². The van der Waals surface area contributed by atoms with E-state index < -0.39 is 0 Å². The Balaban J connectivity index is 1.93. The van der Waals surface area contributed by atoms with Crippen molar-refractivity contribution in [2.45, 2.75) is 12.8 Å². The molecule has 2 heterocycles. The predicted molar refractivity (Wildman–Crippen MR) is 70.3 cm³/mol. The molecule has 0 radical (unpaired) electrons. The molecule has 1 aromatic heterocycles. The van der Waals surface area contributed by atoms with Gasteiger partial charge in [-0.2, -0.15) is 0 Å². The lowest BCUT2D eigenvalue weighted by molar-refractivity contribution is 0.0576. The van der Waals surface area contributed by atoms with Crippen LogP contribution < -0.4 is 4.90 Å². The van der Waals surface area contributed by atoms with Crippen molar-refractivity contribution in [2.24, 2.45) is 5.92 Å². The molecule has 1 fully saturated rings. The topological polar surface area (TPSA) is 51.7 Å². The molecule has 0 N–H and O–H groups in total. The predicted octanol–water partition coefficient (Wildman–Crippen LogP) is 1.79. The normalized spacial score (nSPS) is 19.6. The van der Waals surface area contributed by atoms with Gasteiger partial charge in [-0.25, -0.2) is 9.78 Å². The molecule has 0 bridgehead atoms. The van der Waals surface area contributed by atoms with Gasteiger partial charge >= 0.3 is 5.97 Å². The second-order valence-electron chi connectivity index (χ2n) is 4.46. The van der Waals surface area contributed by atoms with Crippen molar-refractivity contribution in [1.29, 1.82) is 0 Å². The molecular formula is C12H18N2O3S. The van der Waals surface area contributed by atoms with Crippen LogP contribution >= 0.6 is 11.3 Å². The number of esters is 1. The van der Waals surface area contributed by atoms with Gasteiger partial charge in [-0.3, -0.25) is 0 Å². The molecule has 18 heavy (non-hydrogen) atoms. The molecular weight excluding hydrogens is 252 g/mol. The van der Waals surface area contributed by atoms with E-state index >= 15 is 0 Å². The van der Waals surface area contributed by atoms with Gasteiger partial charge in [0.1, 0.15) is 4.88 Å². The number of rotatable bonds is 4. The lowest BCUT2D eigenvalue weighted by atomic mass is 10.0. The number of carbonyl (C=O) groups excluding carboxylic acids is 1. The summed E-state index contributed by atoms with van der Waals surface area (Å²) in [5.74, 6) is 0.224. The van der Waals surface area contributed by atoms with Crippen molar-refractivity contribution in [3.05, 3.63) is 11.1 Å². The molecule has 0 spiro atoms. The zero-order chi connectivity index (χ0) is 13.0. The summed E-state index contributed by atoms with van der Waals surface area (Å²) in [6.45, 7) is 2.61. The van der Waals surface area contributed by atoms with Gasteiger partial charge in [0.05, 0.1) is 19.9 Å². The molecule has 1 aromatic rings. The summed E-state index contributed by atoms with van der Waals surface area (Å²) in [5.41, 5.74) is 0. The van der Waals surface area contributed by atoms with E-state index in [1.54, 1.807) is 6.20 Å². The minimum Gasteiger partial charge on any atom is -0.465 e. The summed E-state index contributed by atoms with van der Waals surface area (Å²) >= 11 is 1.36. The first-order valence-corrected chi connectivity index (χ1v) is 6.85. The molecule has 0 amide bonds. The Kier molecular flexibility index (Phi) is 4.54. The van der Waals surface area contributed by atoms with Crippen molar-refractivity contribution >= 4 is 22.4 Å². The first-order chi connectivity index (χ1) is 8.70. The van der Waals surface area contributed by atoms with Crippen molar-refractivity contribution in [2.75, 3.05) is 38.8 Å². The molecule has 0 saturated carbocycles. The SMILES string of the molecule is COC(=O)c1cnc(N(C)CC2CCCOC2)s1. The first-order valence-electron chi connectivity index (χ1n) is 6.03. The minimum atomic E-state index is -0.326. The van der Waals surface area contributed by atoms with Crippen LogP contribution in [0.2, 0.25) is 0 Å². The van der Waals surface area contributed by atoms with Gasteiger partial charge in [0.15, 0.2) is 5.13 Å². The van der Waals surface area contributed by atoms with Gasteiger partial charge in [0, 0.05) is 20.2 Å². The number of hydrogen-bond donors (Lipinski definition) is 0. The number of methoxy groups -OCH3 is 1. The van der Waals surface area contributed by atoms with Crippen LogP contribution in [0.4, 0.5) is 5.13 Å². The van der Waals surface area contributed by atoms with E-state index in [2.05, 4.69) is 14.6 Å². The van der Waals surface area contributed by atoms with Gasteiger partial charge in [-0.05, 0) is 18.8 Å². The number of aromatic nitrogens is 1. The second-order valence-corrected chi connectivity index (χ2v) is 5.47. The van der Waals surface area contributed by atoms with E-state index in [0.29, 0.717) is 10.8 Å². The zero-order valence-corrected chi connectivity index (χ0v) is 11.5. The number of ether oxygens (including phenoxy) is 2. The third kappa shape index (κ3) is 3.20. The quantitative estimate of drug-likeness (QED) is 0.781. The van der Waals surface area contributed by atoms with Crippen LogP contribution in [0.1, 0.15) is 22.5 Å². The van der Waals surface area contributed by atoms with Crippen LogP contribution in [-0.2, 0) is 9.47 Å². The third-order valence-electron chi connectivity index (χ3n) is 2.99. The number of carbonyl (C=O) groups is 1. The molecule has 0 aliphatic carbocycles. The Morgan fingerprint density at radius 2 is 2.56 bits per heavy atom. The fraction of sp³-hybridized carbons (Fsp3) is 0.667. The number of anilines is 1. The Morgan fingerprint density at radius 3 is 3.22 bits per heavy atom. The van der Waals surface area contributed by atoms with Crippen LogP contribution in [0, 0.1) is 5.92 Å². The fourth-order valence-electron chi connectivity index (χ4n) is 2.05. The summed E-state index contributed by atoms with van der Waals surface area (Å²) in [6, 6.07) is 0. The molecule has 1 aliphatic heterocycles. The summed E-state index contributed by atoms with van der Waals surface area (Å²) in [7, 11) is 3.37. The minimum absolute atomic E-state index is 0.326. The maximum absolute atomic E-state index is 11.3. The van der Waals surface area contributed by atoms with E-state index in [0.717, 1.165) is 31.3 Å². The van der Waals surface area contributed by atoms with Gasteiger partial charge in [0.25, 0.3) is 0 Å². The maximum Gasteiger partial charge on any atom is 0.349 e. The van der Waals surface area contributed by atoms with Crippen molar-refractivity contribution in [1.82, 2.24) is 4.98 Å². The van der Waals surface area contributed by atoms with E-state index in [-0.39, 0.29) is 5.97 Å². The summed E-state index contributed by atoms with van der Waals surface area (Å²) < 4.78 is 10.1. The average Bonchev–Trinajstić information content (AvgIpc) is 2.88. The second kappa shape index (κ2) is 6.15. The fourth-order valence-corrected chi connectivity index (χ4v) is 2.86. The molecule has 1 saturated heterocycles. The largest absolute Gasteiger partial charge is 0.465 e. The van der Waals surface area contributed by atoms with E-state index in [1.165, 1.54) is 24.9 Å². The Labute approximate surface area is 111 Å². The number of thiazole rings is 1. The summed E-state index contributed by atoms with van der Waals surface area (Å²) in [5, 5.41) is 0.848. The molecule has 1 atom stereocenters. The first kappa shape index (κ1) is 13.3. The van der Waals surface area contributed by atoms with Crippen LogP contribution in [0.5, 0.6) is 0 Å². The highest BCUT2D eigenvalue weighted by Crippen LogP contribution is 2.24. The molecule has 2 rings (SSSR count). The zero-order valence-electron chi connectivity index (χ0n) is 10.7. The Hall–Kier alpha value is -1.14.